The van der Waals surface area contributed by atoms with Gasteiger partial charge in [-0.2, -0.15) is 5.26 Å². The predicted octanol–water partition coefficient (Wildman–Crippen LogP) is 4.08. The SMILES string of the molecule is CNc1cc(-c2ccc(CC(C#N)NC(=O)[C@@H]3CC(C)CCCCO3)cc2)ccc1OC=O. The summed E-state index contributed by atoms with van der Waals surface area (Å²) in [5.74, 6) is 0.684. The maximum Gasteiger partial charge on any atom is 0.298 e. The first kappa shape index (κ1) is 24.3. The van der Waals surface area contributed by atoms with Crippen molar-refractivity contribution in [1.29, 1.82) is 5.26 Å². The van der Waals surface area contributed by atoms with Crippen molar-refractivity contribution in [2.75, 3.05) is 19.0 Å². The van der Waals surface area contributed by atoms with Gasteiger partial charge in [0.25, 0.3) is 6.47 Å². The Kier molecular flexibility index (Phi) is 8.85. The summed E-state index contributed by atoms with van der Waals surface area (Å²) in [4.78, 5) is 23.4. The maximum atomic E-state index is 12.7. The number of nitrogens with zero attached hydrogens (tertiary/aromatic N) is 1. The summed E-state index contributed by atoms with van der Waals surface area (Å²) in [5, 5.41) is 15.5. The molecular formula is C26H31N3O4. The first-order valence-corrected chi connectivity index (χ1v) is 11.4. The van der Waals surface area contributed by atoms with Gasteiger partial charge in [-0.25, -0.2) is 0 Å². The Hall–Kier alpha value is -3.37. The van der Waals surface area contributed by atoms with E-state index in [2.05, 4.69) is 23.6 Å². The van der Waals surface area contributed by atoms with Crippen LogP contribution in [0.2, 0.25) is 0 Å². The fourth-order valence-electron chi connectivity index (χ4n) is 4.08. The largest absolute Gasteiger partial charge is 0.427 e. The molecule has 0 radical (unpaired) electrons. The van der Waals surface area contributed by atoms with Crippen LogP contribution in [0.15, 0.2) is 42.5 Å². The van der Waals surface area contributed by atoms with Crippen LogP contribution in [-0.2, 0) is 20.7 Å². The molecule has 1 fully saturated rings. The Labute approximate surface area is 195 Å². The van der Waals surface area contributed by atoms with Gasteiger partial charge in [0, 0.05) is 20.1 Å². The number of hydrogen-bond acceptors (Lipinski definition) is 6. The van der Waals surface area contributed by atoms with Crippen LogP contribution in [0, 0.1) is 17.2 Å². The van der Waals surface area contributed by atoms with Gasteiger partial charge in [-0.1, -0.05) is 50.1 Å². The number of benzene rings is 2. The molecule has 0 spiro atoms. The van der Waals surface area contributed by atoms with Gasteiger partial charge < -0.3 is 20.1 Å². The minimum Gasteiger partial charge on any atom is -0.427 e. The number of ether oxygens (including phenoxy) is 2. The highest BCUT2D eigenvalue weighted by atomic mass is 16.5. The van der Waals surface area contributed by atoms with Crippen molar-refractivity contribution in [2.24, 2.45) is 5.92 Å². The monoisotopic (exact) mass is 449 g/mol. The molecule has 2 unspecified atom stereocenters. The molecule has 0 saturated carbocycles. The van der Waals surface area contributed by atoms with Gasteiger partial charge in [0.1, 0.15) is 12.1 Å². The summed E-state index contributed by atoms with van der Waals surface area (Å²) in [7, 11) is 1.76. The molecule has 3 atom stereocenters. The van der Waals surface area contributed by atoms with E-state index in [0.717, 1.165) is 36.0 Å². The first-order valence-electron chi connectivity index (χ1n) is 11.4. The Morgan fingerprint density at radius 2 is 2.00 bits per heavy atom. The third-order valence-corrected chi connectivity index (χ3v) is 5.94. The van der Waals surface area contributed by atoms with E-state index in [-0.39, 0.29) is 5.91 Å². The van der Waals surface area contributed by atoms with Crippen molar-refractivity contribution in [1.82, 2.24) is 5.32 Å². The van der Waals surface area contributed by atoms with Crippen LogP contribution in [-0.4, -0.2) is 38.2 Å². The zero-order valence-corrected chi connectivity index (χ0v) is 19.2. The minimum atomic E-state index is -0.622. The van der Waals surface area contributed by atoms with Crippen LogP contribution in [0.5, 0.6) is 5.75 Å². The van der Waals surface area contributed by atoms with Gasteiger partial charge in [0.05, 0.1) is 11.8 Å². The Morgan fingerprint density at radius 1 is 1.24 bits per heavy atom. The minimum absolute atomic E-state index is 0.204. The van der Waals surface area contributed by atoms with Crippen LogP contribution in [0.25, 0.3) is 11.1 Å². The number of nitriles is 1. The number of nitrogens with one attached hydrogen (secondary N) is 2. The predicted molar refractivity (Wildman–Crippen MR) is 127 cm³/mol. The van der Waals surface area contributed by atoms with E-state index in [0.29, 0.717) is 43.3 Å². The second-order valence-corrected chi connectivity index (χ2v) is 8.46. The molecule has 0 aromatic heterocycles. The third-order valence-electron chi connectivity index (χ3n) is 5.94. The van der Waals surface area contributed by atoms with E-state index in [1.54, 1.807) is 13.1 Å². The van der Waals surface area contributed by atoms with Crippen LogP contribution in [0.3, 0.4) is 0 Å². The number of carbonyl (C=O) groups is 2. The molecule has 0 aliphatic carbocycles. The van der Waals surface area contributed by atoms with E-state index in [4.69, 9.17) is 9.47 Å². The van der Waals surface area contributed by atoms with Gasteiger partial charge in [0.2, 0.25) is 5.91 Å². The van der Waals surface area contributed by atoms with E-state index < -0.39 is 12.1 Å². The van der Waals surface area contributed by atoms with Gasteiger partial charge >= 0.3 is 0 Å². The van der Waals surface area contributed by atoms with E-state index in [9.17, 15) is 14.9 Å². The van der Waals surface area contributed by atoms with Gasteiger partial charge in [-0.15, -0.1) is 0 Å². The molecule has 33 heavy (non-hydrogen) atoms. The maximum absolute atomic E-state index is 12.7. The van der Waals surface area contributed by atoms with Crippen LogP contribution in [0.1, 0.15) is 38.2 Å². The zero-order chi connectivity index (χ0) is 23.6. The molecule has 2 aromatic carbocycles. The standard InChI is InChI=1S/C26H31N3O4/c1-18-5-3-4-12-32-25(13-18)26(31)29-22(16-27)14-19-6-8-20(9-7-19)21-10-11-24(33-17-30)23(15-21)28-2/h6-11,15,17-18,22,25,28H,3-5,12-14H2,1-2H3,(H,29,31)/t18?,22?,25-/m0/s1. The van der Waals surface area contributed by atoms with Crippen molar-refractivity contribution in [3.8, 4) is 22.9 Å². The lowest BCUT2D eigenvalue weighted by Crippen LogP contribution is -2.44. The molecule has 2 N–H and O–H groups in total. The second kappa shape index (κ2) is 12.0. The second-order valence-electron chi connectivity index (χ2n) is 8.46. The molecule has 1 aliphatic heterocycles. The molecule has 7 heteroatoms. The van der Waals surface area contributed by atoms with Gasteiger partial charge in [0.15, 0.2) is 5.75 Å². The van der Waals surface area contributed by atoms with Crippen molar-refractivity contribution in [2.45, 2.75) is 51.2 Å². The number of amides is 1. The highest BCUT2D eigenvalue weighted by Crippen LogP contribution is 2.30. The molecule has 2 aromatic rings. The van der Waals surface area contributed by atoms with Gasteiger partial charge in [-0.3, -0.25) is 9.59 Å². The topological polar surface area (TPSA) is 100 Å². The number of rotatable bonds is 8. The summed E-state index contributed by atoms with van der Waals surface area (Å²) in [6, 6.07) is 15.0. The lowest BCUT2D eigenvalue weighted by molar-refractivity contribution is -0.135. The fraction of sp³-hybridized carbons (Fsp3) is 0.423. The quantitative estimate of drug-likeness (QED) is 0.589. The van der Waals surface area contributed by atoms with Gasteiger partial charge in [-0.05, 0) is 47.6 Å². The van der Waals surface area contributed by atoms with E-state index in [1.807, 2.05) is 36.4 Å². The summed E-state index contributed by atoms with van der Waals surface area (Å²) in [6.07, 6.45) is 3.79. The number of anilines is 1. The number of carbonyl (C=O) groups excluding carboxylic acids is 2. The third kappa shape index (κ3) is 6.80. The molecule has 1 amide bonds. The molecule has 1 aliphatic rings. The molecule has 174 valence electrons. The van der Waals surface area contributed by atoms with E-state index in [1.165, 1.54) is 0 Å². The fourth-order valence-corrected chi connectivity index (χ4v) is 4.08. The summed E-state index contributed by atoms with van der Waals surface area (Å²) in [6.45, 7) is 3.13. The van der Waals surface area contributed by atoms with Crippen LogP contribution >= 0.6 is 0 Å². The average Bonchev–Trinajstić information content (AvgIpc) is 2.81. The Balaban J connectivity index is 1.64. The molecular weight excluding hydrogens is 418 g/mol. The normalized spacial score (nSPS) is 19.3. The average molecular weight is 450 g/mol. The molecule has 1 saturated heterocycles. The summed E-state index contributed by atoms with van der Waals surface area (Å²) in [5.41, 5.74) is 3.61. The number of hydrogen-bond donors (Lipinski definition) is 2. The summed E-state index contributed by atoms with van der Waals surface area (Å²) < 4.78 is 10.7. The van der Waals surface area contributed by atoms with Crippen molar-refractivity contribution >= 4 is 18.1 Å². The highest BCUT2D eigenvalue weighted by Gasteiger charge is 2.25. The summed E-state index contributed by atoms with van der Waals surface area (Å²) >= 11 is 0. The Bertz CT molecular complexity index is 984. The van der Waals surface area contributed by atoms with E-state index >= 15 is 0 Å². The molecule has 1 heterocycles. The lowest BCUT2D eigenvalue weighted by Gasteiger charge is -2.25. The van der Waals surface area contributed by atoms with Crippen LogP contribution < -0.4 is 15.4 Å². The smallest absolute Gasteiger partial charge is 0.298 e. The van der Waals surface area contributed by atoms with Crippen molar-refractivity contribution in [3.05, 3.63) is 48.0 Å². The highest BCUT2D eigenvalue weighted by molar-refractivity contribution is 5.81. The molecule has 0 bridgehead atoms. The molecule has 7 nitrogen and oxygen atoms in total. The van der Waals surface area contributed by atoms with Crippen molar-refractivity contribution in [3.63, 3.8) is 0 Å². The molecule has 3 rings (SSSR count). The van der Waals surface area contributed by atoms with Crippen molar-refractivity contribution < 1.29 is 19.1 Å². The Morgan fingerprint density at radius 3 is 2.70 bits per heavy atom. The lowest BCUT2D eigenvalue weighted by atomic mass is 9.95. The zero-order valence-electron chi connectivity index (χ0n) is 19.2. The van der Waals surface area contributed by atoms with Crippen LogP contribution in [0.4, 0.5) is 5.69 Å². The first-order chi connectivity index (χ1) is 16.0.